The lowest BCUT2D eigenvalue weighted by Crippen LogP contribution is -2.04. The first-order valence-electron chi connectivity index (χ1n) is 5.79. The quantitative estimate of drug-likeness (QED) is 0.704. The average molecular weight is 230 g/mol. The minimum absolute atomic E-state index is 0.294. The smallest absolute Gasteiger partial charge is 0.338 e. The van der Waals surface area contributed by atoms with E-state index in [0.717, 1.165) is 41.8 Å². The summed E-state index contributed by atoms with van der Waals surface area (Å²) in [6.07, 6.45) is 2.19. The van der Waals surface area contributed by atoms with Gasteiger partial charge in [0.1, 0.15) is 5.82 Å². The molecule has 0 bridgehead atoms. The van der Waals surface area contributed by atoms with Gasteiger partial charge in [-0.2, -0.15) is 0 Å². The Hall–Kier alpha value is -1.84. The fourth-order valence-electron chi connectivity index (χ4n) is 2.54. The molecule has 0 fully saturated rings. The van der Waals surface area contributed by atoms with Crippen LogP contribution in [0.25, 0.3) is 11.0 Å². The Labute approximate surface area is 99.2 Å². The molecule has 0 amide bonds. The van der Waals surface area contributed by atoms with Crippen LogP contribution in [0, 0.1) is 6.92 Å². The Morgan fingerprint density at radius 3 is 3.06 bits per heavy atom. The third-order valence-electron chi connectivity index (χ3n) is 3.44. The summed E-state index contributed by atoms with van der Waals surface area (Å²) < 4.78 is 7.01. The van der Waals surface area contributed by atoms with Gasteiger partial charge < -0.3 is 9.30 Å². The lowest BCUT2D eigenvalue weighted by atomic mass is 10.1. The largest absolute Gasteiger partial charge is 0.465 e. The zero-order chi connectivity index (χ0) is 12.0. The molecule has 0 N–H and O–H groups in total. The molecule has 4 nitrogen and oxygen atoms in total. The Bertz CT molecular complexity index is 613. The third-order valence-corrected chi connectivity index (χ3v) is 3.44. The van der Waals surface area contributed by atoms with Crippen LogP contribution in [0.2, 0.25) is 0 Å². The van der Waals surface area contributed by atoms with Gasteiger partial charge in [-0.3, -0.25) is 0 Å². The SMILES string of the molecule is COC(=O)c1ccc2c(nc3n2CCC3)c1C. The Morgan fingerprint density at radius 1 is 1.47 bits per heavy atom. The maximum absolute atomic E-state index is 11.6. The monoisotopic (exact) mass is 230 g/mol. The van der Waals surface area contributed by atoms with Crippen LogP contribution in [-0.4, -0.2) is 22.6 Å². The zero-order valence-corrected chi connectivity index (χ0v) is 9.99. The van der Waals surface area contributed by atoms with Crippen molar-refractivity contribution >= 4 is 17.0 Å². The molecule has 1 aliphatic rings. The van der Waals surface area contributed by atoms with E-state index in [4.69, 9.17) is 4.74 Å². The standard InChI is InChI=1S/C13H14N2O2/c1-8-9(13(16)17-2)5-6-10-12(8)14-11-4-3-7-15(10)11/h5-6H,3-4,7H2,1-2H3. The molecule has 17 heavy (non-hydrogen) atoms. The van der Waals surface area contributed by atoms with Crippen LogP contribution >= 0.6 is 0 Å². The fraction of sp³-hybridized carbons (Fsp3) is 0.385. The van der Waals surface area contributed by atoms with E-state index >= 15 is 0 Å². The molecule has 4 heteroatoms. The molecule has 1 aromatic heterocycles. The number of esters is 1. The summed E-state index contributed by atoms with van der Waals surface area (Å²) in [4.78, 5) is 16.2. The van der Waals surface area contributed by atoms with Gasteiger partial charge in [-0.05, 0) is 31.0 Å². The number of ether oxygens (including phenoxy) is 1. The Balaban J connectivity index is 2.26. The van der Waals surface area contributed by atoms with Crippen molar-refractivity contribution in [2.24, 2.45) is 0 Å². The van der Waals surface area contributed by atoms with E-state index < -0.39 is 0 Å². The topological polar surface area (TPSA) is 44.1 Å². The molecular formula is C13H14N2O2. The van der Waals surface area contributed by atoms with E-state index in [9.17, 15) is 4.79 Å². The first kappa shape index (κ1) is 10.3. The normalized spacial score (nSPS) is 14.0. The highest BCUT2D eigenvalue weighted by atomic mass is 16.5. The number of carbonyl (C=O) groups excluding carboxylic acids is 1. The number of aryl methyl sites for hydroxylation is 3. The van der Waals surface area contributed by atoms with Gasteiger partial charge in [0.05, 0.1) is 23.7 Å². The number of methoxy groups -OCH3 is 1. The molecule has 1 aromatic carbocycles. The van der Waals surface area contributed by atoms with Crippen molar-refractivity contribution in [3.8, 4) is 0 Å². The second-order valence-corrected chi connectivity index (χ2v) is 4.38. The van der Waals surface area contributed by atoms with E-state index in [1.165, 1.54) is 7.11 Å². The number of hydrogen-bond donors (Lipinski definition) is 0. The van der Waals surface area contributed by atoms with Crippen molar-refractivity contribution < 1.29 is 9.53 Å². The number of fused-ring (bicyclic) bond motifs is 3. The molecule has 2 heterocycles. The maximum atomic E-state index is 11.6. The molecular weight excluding hydrogens is 216 g/mol. The fourth-order valence-corrected chi connectivity index (χ4v) is 2.54. The van der Waals surface area contributed by atoms with E-state index in [0.29, 0.717) is 5.56 Å². The van der Waals surface area contributed by atoms with Crippen LogP contribution in [0.5, 0.6) is 0 Å². The number of imidazole rings is 1. The van der Waals surface area contributed by atoms with Crippen molar-refractivity contribution in [3.05, 3.63) is 29.1 Å². The molecule has 0 aliphatic carbocycles. The third kappa shape index (κ3) is 1.37. The second kappa shape index (κ2) is 3.58. The number of hydrogen-bond acceptors (Lipinski definition) is 3. The lowest BCUT2D eigenvalue weighted by molar-refractivity contribution is 0.0600. The first-order chi connectivity index (χ1) is 8.22. The second-order valence-electron chi connectivity index (χ2n) is 4.38. The summed E-state index contributed by atoms with van der Waals surface area (Å²) in [6, 6.07) is 3.80. The van der Waals surface area contributed by atoms with Crippen molar-refractivity contribution in [3.63, 3.8) is 0 Å². The summed E-state index contributed by atoms with van der Waals surface area (Å²) in [5.41, 5.74) is 3.58. The van der Waals surface area contributed by atoms with Crippen LogP contribution in [0.4, 0.5) is 0 Å². The van der Waals surface area contributed by atoms with Crippen molar-refractivity contribution in [2.75, 3.05) is 7.11 Å². The molecule has 2 aromatic rings. The van der Waals surface area contributed by atoms with Crippen molar-refractivity contribution in [1.29, 1.82) is 0 Å². The molecule has 0 unspecified atom stereocenters. The van der Waals surface area contributed by atoms with Crippen LogP contribution < -0.4 is 0 Å². The number of aromatic nitrogens is 2. The average Bonchev–Trinajstić information content (AvgIpc) is 2.89. The van der Waals surface area contributed by atoms with Gasteiger partial charge in [-0.1, -0.05) is 0 Å². The number of nitrogens with zero attached hydrogens (tertiary/aromatic N) is 2. The predicted octanol–water partition coefficient (Wildman–Crippen LogP) is 2.08. The lowest BCUT2D eigenvalue weighted by Gasteiger charge is -2.05. The van der Waals surface area contributed by atoms with Crippen LogP contribution in [-0.2, 0) is 17.7 Å². The number of carbonyl (C=O) groups is 1. The summed E-state index contributed by atoms with van der Waals surface area (Å²) in [6.45, 7) is 2.96. The van der Waals surface area contributed by atoms with Gasteiger partial charge in [0.2, 0.25) is 0 Å². The molecule has 0 spiro atoms. The van der Waals surface area contributed by atoms with Gasteiger partial charge in [-0.15, -0.1) is 0 Å². The van der Waals surface area contributed by atoms with E-state index in [1.807, 2.05) is 19.1 Å². The molecule has 0 saturated heterocycles. The van der Waals surface area contributed by atoms with Gasteiger partial charge in [0.25, 0.3) is 0 Å². The van der Waals surface area contributed by atoms with Crippen LogP contribution in [0.1, 0.15) is 28.2 Å². The Morgan fingerprint density at radius 2 is 2.29 bits per heavy atom. The summed E-state index contributed by atoms with van der Waals surface area (Å²) in [5.74, 6) is 0.836. The highest BCUT2D eigenvalue weighted by Crippen LogP contribution is 2.27. The van der Waals surface area contributed by atoms with E-state index in [2.05, 4.69) is 9.55 Å². The number of benzene rings is 1. The molecule has 0 saturated carbocycles. The Kier molecular flexibility index (Phi) is 2.18. The molecule has 1 aliphatic heterocycles. The van der Waals surface area contributed by atoms with E-state index in [-0.39, 0.29) is 5.97 Å². The van der Waals surface area contributed by atoms with Crippen molar-refractivity contribution in [1.82, 2.24) is 9.55 Å². The maximum Gasteiger partial charge on any atom is 0.338 e. The van der Waals surface area contributed by atoms with Crippen molar-refractivity contribution in [2.45, 2.75) is 26.3 Å². The molecule has 0 radical (unpaired) electrons. The van der Waals surface area contributed by atoms with E-state index in [1.54, 1.807) is 0 Å². The minimum atomic E-state index is -0.294. The minimum Gasteiger partial charge on any atom is -0.465 e. The zero-order valence-electron chi connectivity index (χ0n) is 9.99. The van der Waals surface area contributed by atoms with Gasteiger partial charge in [0.15, 0.2) is 0 Å². The summed E-state index contributed by atoms with van der Waals surface area (Å²) >= 11 is 0. The van der Waals surface area contributed by atoms with Gasteiger partial charge in [0, 0.05) is 13.0 Å². The summed E-state index contributed by atoms with van der Waals surface area (Å²) in [5, 5.41) is 0. The molecule has 3 rings (SSSR count). The molecule has 88 valence electrons. The first-order valence-corrected chi connectivity index (χ1v) is 5.79. The number of rotatable bonds is 1. The van der Waals surface area contributed by atoms with Crippen LogP contribution in [0.3, 0.4) is 0 Å². The van der Waals surface area contributed by atoms with Gasteiger partial charge in [-0.25, -0.2) is 9.78 Å². The van der Waals surface area contributed by atoms with Crippen LogP contribution in [0.15, 0.2) is 12.1 Å². The summed E-state index contributed by atoms with van der Waals surface area (Å²) in [7, 11) is 1.40. The van der Waals surface area contributed by atoms with Gasteiger partial charge >= 0.3 is 5.97 Å². The molecule has 0 atom stereocenters. The highest BCUT2D eigenvalue weighted by Gasteiger charge is 2.20. The predicted molar refractivity (Wildman–Crippen MR) is 64.1 cm³/mol. The highest BCUT2D eigenvalue weighted by molar-refractivity contribution is 5.96.